The van der Waals surface area contributed by atoms with E-state index in [1.165, 1.54) is 137 Å². The molecule has 0 unspecified atom stereocenters. The highest BCUT2D eigenvalue weighted by atomic mass is 15.1. The van der Waals surface area contributed by atoms with Crippen LogP contribution in [0.3, 0.4) is 0 Å². The van der Waals surface area contributed by atoms with E-state index < -0.39 is 0 Å². The van der Waals surface area contributed by atoms with Gasteiger partial charge in [0.25, 0.3) is 17.2 Å². The Kier molecular flexibility index (Phi) is 18.5. The second-order valence-corrected chi connectivity index (χ2v) is 29.0. The monoisotopic (exact) mass is 1510 g/mol. The van der Waals surface area contributed by atoms with Crippen LogP contribution in [-0.4, -0.2) is 42.9 Å². The van der Waals surface area contributed by atoms with Crippen molar-refractivity contribution in [2.24, 2.45) is 0 Å². The van der Waals surface area contributed by atoms with E-state index in [-0.39, 0.29) is 82.9 Å². The van der Waals surface area contributed by atoms with Gasteiger partial charge in [-0.1, -0.05) is 282 Å². The van der Waals surface area contributed by atoms with Crippen LogP contribution in [0.25, 0.3) is 174 Å². The van der Waals surface area contributed by atoms with Crippen LogP contribution >= 0.6 is 0 Å². The molecule has 1 aliphatic carbocycles. The largest absolute Gasteiger partial charge is 0.370 e. The van der Waals surface area contributed by atoms with Crippen LogP contribution < -0.4 is 4.90 Å². The minimum absolute atomic E-state index is 0. The first-order valence-electron chi connectivity index (χ1n) is 37.9. The van der Waals surface area contributed by atoms with Crippen LogP contribution in [0.15, 0.2) is 328 Å². The molecule has 0 amide bonds. The predicted molar refractivity (Wildman–Crippen MR) is 478 cm³/mol. The quantitative estimate of drug-likeness (QED) is 0.0617. The van der Waals surface area contributed by atoms with Crippen LogP contribution in [0.1, 0.15) is 43.5 Å². The maximum atomic E-state index is 9.30. The molecular formula is C103H62BN14. The summed E-state index contributed by atoms with van der Waals surface area (Å²) < 4.78 is 2.37. The van der Waals surface area contributed by atoms with E-state index in [4.69, 9.17) is 19.7 Å². The summed E-state index contributed by atoms with van der Waals surface area (Å²) in [5.74, 6) is -0.890. The molecule has 0 saturated heterocycles. The minimum atomic E-state index is -0.298. The van der Waals surface area contributed by atoms with Crippen molar-refractivity contribution in [3.8, 4) is 79.5 Å². The maximum Gasteiger partial charge on any atom is 0.307 e. The van der Waals surface area contributed by atoms with Gasteiger partial charge in [0.15, 0.2) is 17.1 Å². The van der Waals surface area contributed by atoms with Crippen LogP contribution in [-0.2, 0) is 5.41 Å². The Labute approximate surface area is 682 Å². The van der Waals surface area contributed by atoms with Gasteiger partial charge in [-0.2, -0.15) is 15.8 Å². The van der Waals surface area contributed by atoms with E-state index in [0.29, 0.717) is 0 Å². The summed E-state index contributed by atoms with van der Waals surface area (Å²) in [6, 6.07) is 125. The molecule has 118 heavy (non-hydrogen) atoms. The van der Waals surface area contributed by atoms with Crippen LogP contribution in [0.2, 0.25) is 0 Å². The molecule has 4 heterocycles. The zero-order valence-corrected chi connectivity index (χ0v) is 63.5. The molecule has 15 heteroatoms. The van der Waals surface area contributed by atoms with Crippen molar-refractivity contribution < 1.29 is 1.43 Å². The molecule has 0 fully saturated rings. The second-order valence-electron chi connectivity index (χ2n) is 29.0. The molecular weight excluding hydrogens is 1440 g/mol. The van der Waals surface area contributed by atoms with Gasteiger partial charge in [0.2, 0.25) is 11.0 Å². The first-order chi connectivity index (χ1) is 57.5. The number of nitriles is 3. The number of hydrogen-bond acceptors (Lipinski definition) is 10. The minimum Gasteiger partial charge on any atom is -0.370 e. The Morgan fingerprint density at radius 1 is 0.314 bits per heavy atom. The second kappa shape index (κ2) is 30.0. The van der Waals surface area contributed by atoms with E-state index in [2.05, 4.69) is 395 Å². The maximum absolute atomic E-state index is 9.30. The molecule has 14 nitrogen and oxygen atoms in total. The Hall–Kier alpha value is -16.8. The zero-order chi connectivity index (χ0) is 79.4. The molecule has 0 bridgehead atoms. The molecule has 0 atom stereocenters. The van der Waals surface area contributed by atoms with E-state index in [1.807, 2.05) is 0 Å². The van der Waals surface area contributed by atoms with Crippen molar-refractivity contribution >= 4 is 141 Å². The van der Waals surface area contributed by atoms with Crippen molar-refractivity contribution in [1.29, 1.82) is 15.8 Å². The normalized spacial score (nSPS) is 11.6. The Balaban J connectivity index is 0.000000134. The summed E-state index contributed by atoms with van der Waals surface area (Å²) in [6.45, 7) is 26.4. The molecule has 0 spiro atoms. The molecule has 547 valence electrons. The molecule has 3 radical (unpaired) electrons. The summed E-state index contributed by atoms with van der Waals surface area (Å²) in [4.78, 5) is 36.8. The van der Waals surface area contributed by atoms with Crippen LogP contribution in [0.4, 0.5) is 34.5 Å². The van der Waals surface area contributed by atoms with Crippen LogP contribution in [0.5, 0.6) is 0 Å². The topological polar surface area (TPSA) is 170 Å². The Morgan fingerprint density at radius 3 is 1.21 bits per heavy atom. The number of nitrogens with zero attached hydrogens (tertiary/aromatic N) is 14. The zero-order valence-electron chi connectivity index (χ0n) is 63.5. The smallest absolute Gasteiger partial charge is 0.307 e. The summed E-state index contributed by atoms with van der Waals surface area (Å²) in [7, 11) is 0. The SMILES string of the molecule is CC1(C)c2ccccc2-c2ccc(N(c3ccc(-c4ccccc4)cc3)c3ccc(-c4ccc5c(c4)c4ccccc4n5-c4ccccc4)cc3)cc21.[3HH].[B].[C-]#[N+]c1nc2c(nc1C#N)c1nc(C#N)c(C#N)nc1c1nc([N+]#[C-])c([N+]#[C-])nc21.c1ccc2cc(-c3c4ccccc4c(-c4ccc5ccccc5c4)c4ccccc34)ccc2c1. The van der Waals surface area contributed by atoms with Gasteiger partial charge in [0.1, 0.15) is 34.8 Å². The standard InChI is InChI=1S/C51H38N2.C34H22.C18N12.B.H2/c1-51(2)47-19-11-9-17-43(47)44-31-30-42(34-48(44)51)52(40-26-21-36(22-27-40)35-13-5-3-6-14-35)41-28-23-37(24-29-41)38-25-32-50-46(33-38)45-18-10-12-20-49(45)53(50)39-15-7-4-8-16-39;1-3-11-25-21-27(19-17-23(25)9-1)33-29-13-5-7-15-31(29)34(32-16-8-6-14-30(32)33)28-20-18-24-10-2-4-12-26(24)22-28;1-22-16-9(6-21)27-12-10-11(26-8(5-20)7(4-19)25-10)14-15(13(12)28-16)30-18(24-3)17(23-2)29-14;;/h3-34H,1-2H3;1-22H;;;1H/i;;;;1+2. The lowest BCUT2D eigenvalue weighted by Gasteiger charge is -2.28. The van der Waals surface area contributed by atoms with Gasteiger partial charge in [-0.25, -0.2) is 15.0 Å². The predicted octanol–water partition coefficient (Wildman–Crippen LogP) is 26.2. The summed E-state index contributed by atoms with van der Waals surface area (Å²) in [5.41, 5.74) is 21.4. The lowest BCUT2D eigenvalue weighted by Crippen LogP contribution is -2.16. The number of para-hydroxylation sites is 2. The molecule has 1 aliphatic rings. The summed E-state index contributed by atoms with van der Waals surface area (Å²) in [6.07, 6.45) is 0. The molecule has 0 saturated carbocycles. The van der Waals surface area contributed by atoms with E-state index in [9.17, 15) is 15.8 Å². The van der Waals surface area contributed by atoms with Gasteiger partial charge < -0.3 is 24.0 Å². The fourth-order valence-corrected chi connectivity index (χ4v) is 16.7. The summed E-state index contributed by atoms with van der Waals surface area (Å²) >= 11 is 0. The highest BCUT2D eigenvalue weighted by molar-refractivity contribution is 6.23. The van der Waals surface area contributed by atoms with E-state index >= 15 is 0 Å². The van der Waals surface area contributed by atoms with Crippen molar-refractivity contribution in [1.82, 2.24) is 34.5 Å². The highest BCUT2D eigenvalue weighted by Crippen LogP contribution is 2.52. The third kappa shape index (κ3) is 12.4. The third-order valence-corrected chi connectivity index (χ3v) is 22.2. The first-order valence-corrected chi connectivity index (χ1v) is 37.9. The van der Waals surface area contributed by atoms with Gasteiger partial charge in [-0.15, -0.1) is 15.0 Å². The van der Waals surface area contributed by atoms with Gasteiger partial charge >= 0.3 is 5.82 Å². The van der Waals surface area contributed by atoms with Crippen molar-refractivity contribution in [3.63, 3.8) is 0 Å². The Morgan fingerprint density at radius 2 is 0.695 bits per heavy atom. The van der Waals surface area contributed by atoms with E-state index in [0.717, 1.165) is 17.1 Å². The fraction of sp³-hybridized carbons (Fsp3) is 0.0291. The number of hydrogen-bond donors (Lipinski definition) is 0. The summed E-state index contributed by atoms with van der Waals surface area (Å²) in [5, 5.41) is 40.7. The van der Waals surface area contributed by atoms with Crippen molar-refractivity contribution in [2.75, 3.05) is 4.90 Å². The average Bonchev–Trinajstić information content (AvgIpc) is 1.31. The van der Waals surface area contributed by atoms with E-state index in [1.54, 1.807) is 18.2 Å². The lowest BCUT2D eigenvalue weighted by atomic mass is 9.82. The number of fused-ring (bicyclic) bond motifs is 16. The lowest BCUT2D eigenvalue weighted by molar-refractivity contribution is 0.660. The van der Waals surface area contributed by atoms with Gasteiger partial charge in [0, 0.05) is 48.8 Å². The Bertz CT molecular complexity index is 7270. The van der Waals surface area contributed by atoms with Gasteiger partial charge in [0.05, 0.1) is 11.0 Å². The van der Waals surface area contributed by atoms with Gasteiger partial charge in [-0.3, -0.25) is 0 Å². The number of rotatable bonds is 8. The molecule has 21 rings (SSSR count). The van der Waals surface area contributed by atoms with Crippen molar-refractivity contribution in [3.05, 3.63) is 390 Å². The molecule has 4 aromatic heterocycles. The molecule has 20 aromatic rings. The average molecular weight is 1510 g/mol. The number of anilines is 3. The molecule has 16 aromatic carbocycles. The van der Waals surface area contributed by atoms with Crippen LogP contribution in [0, 0.1) is 53.7 Å². The third-order valence-electron chi connectivity index (χ3n) is 22.2. The fourth-order valence-electron chi connectivity index (χ4n) is 16.7. The number of benzene rings is 16. The van der Waals surface area contributed by atoms with Gasteiger partial charge in [-0.05, 0) is 189 Å². The first kappa shape index (κ1) is 72.7. The molecule has 0 aliphatic heterocycles. The highest BCUT2D eigenvalue weighted by Gasteiger charge is 2.36. The van der Waals surface area contributed by atoms with Crippen molar-refractivity contribution in [2.45, 2.75) is 19.3 Å². The molecule has 0 N–H and O–H groups in total. The number of aromatic nitrogens is 7.